The van der Waals surface area contributed by atoms with E-state index in [4.69, 9.17) is 4.99 Å². The maximum Gasteiger partial charge on any atom is 0.305 e. The van der Waals surface area contributed by atoms with Crippen LogP contribution in [-0.2, 0) is 9.59 Å². The number of aromatic nitrogens is 1. The van der Waals surface area contributed by atoms with Crippen molar-refractivity contribution >= 4 is 39.2 Å². The Morgan fingerprint density at radius 2 is 2.00 bits per heavy atom. The molecule has 0 bridgehead atoms. The second kappa shape index (κ2) is 9.31. The molecule has 2 aromatic rings. The molecule has 7 heteroatoms. The minimum Gasteiger partial charge on any atom is -0.481 e. The number of hydrogen-bond donors (Lipinski definition) is 1. The van der Waals surface area contributed by atoms with Gasteiger partial charge in [0.25, 0.3) is 5.91 Å². The Morgan fingerprint density at radius 3 is 2.62 bits per heavy atom. The van der Waals surface area contributed by atoms with E-state index in [1.165, 1.54) is 0 Å². The summed E-state index contributed by atoms with van der Waals surface area (Å²) < 4.78 is 0.853. The molecule has 0 aliphatic carbocycles. The summed E-state index contributed by atoms with van der Waals surface area (Å²) in [5.41, 5.74) is 2.78. The van der Waals surface area contributed by atoms with Gasteiger partial charge in [0.15, 0.2) is 0 Å². The molecule has 152 valence electrons. The highest BCUT2D eigenvalue weighted by atomic mass is 79.9. The Balaban J connectivity index is 2.23. The predicted octanol–water partition coefficient (Wildman–Crippen LogP) is 4.31. The van der Waals surface area contributed by atoms with Gasteiger partial charge in [-0.25, -0.2) is 0 Å². The lowest BCUT2D eigenvalue weighted by atomic mass is 9.93. The number of aliphatic carboxylic acids is 1. The normalized spacial score (nSPS) is 16.4. The zero-order valence-electron chi connectivity index (χ0n) is 16.5. The van der Waals surface area contributed by atoms with Crippen LogP contribution in [0.5, 0.6) is 0 Å². The van der Waals surface area contributed by atoms with E-state index in [-0.39, 0.29) is 24.8 Å². The van der Waals surface area contributed by atoms with Crippen LogP contribution >= 0.6 is 15.9 Å². The Kier molecular flexibility index (Phi) is 6.79. The number of pyridine rings is 1. The van der Waals surface area contributed by atoms with Crippen LogP contribution < -0.4 is 4.90 Å². The standard InChI is InChI=1S/C22H24BrN3O3/c1-3-14(4-2)20-22(29)26(12-10-19(27)28)18-9-8-15(23)13-16(18)21(25-20)17-7-5-6-11-24-17/h5-9,11,13-14,20H,3-4,10,12H2,1-2H3,(H,27,28)/t20-/m0/s1. The van der Waals surface area contributed by atoms with Gasteiger partial charge in [-0.3, -0.25) is 19.6 Å². The smallest absolute Gasteiger partial charge is 0.305 e. The average Bonchev–Trinajstić information content (AvgIpc) is 2.83. The number of carbonyl (C=O) groups excluding carboxylic acids is 1. The van der Waals surface area contributed by atoms with Crippen molar-refractivity contribution in [3.05, 3.63) is 58.3 Å². The van der Waals surface area contributed by atoms with Crippen molar-refractivity contribution in [2.24, 2.45) is 10.9 Å². The molecule has 1 N–H and O–H groups in total. The second-order valence-electron chi connectivity index (χ2n) is 7.01. The van der Waals surface area contributed by atoms with Crippen LogP contribution in [0.4, 0.5) is 5.69 Å². The number of benzodiazepines with no additional fused rings is 1. The maximum absolute atomic E-state index is 13.5. The molecule has 1 atom stereocenters. The van der Waals surface area contributed by atoms with Crippen molar-refractivity contribution in [1.82, 2.24) is 4.98 Å². The number of aliphatic imine (C=N–C) groups is 1. The maximum atomic E-state index is 13.5. The van der Waals surface area contributed by atoms with E-state index in [1.807, 2.05) is 50.2 Å². The molecule has 1 amide bonds. The van der Waals surface area contributed by atoms with Gasteiger partial charge < -0.3 is 10.0 Å². The number of nitrogens with zero attached hydrogens (tertiary/aromatic N) is 3. The van der Waals surface area contributed by atoms with Crippen molar-refractivity contribution in [2.75, 3.05) is 11.4 Å². The number of benzene rings is 1. The molecular weight excluding hydrogens is 434 g/mol. The lowest BCUT2D eigenvalue weighted by molar-refractivity contribution is -0.136. The van der Waals surface area contributed by atoms with E-state index in [1.54, 1.807) is 11.1 Å². The average molecular weight is 458 g/mol. The fourth-order valence-electron chi connectivity index (χ4n) is 3.66. The second-order valence-corrected chi connectivity index (χ2v) is 7.92. The van der Waals surface area contributed by atoms with Crippen LogP contribution in [0.25, 0.3) is 0 Å². The van der Waals surface area contributed by atoms with Gasteiger partial charge in [0.05, 0.1) is 23.5 Å². The molecule has 29 heavy (non-hydrogen) atoms. The minimum absolute atomic E-state index is 0.0614. The summed E-state index contributed by atoms with van der Waals surface area (Å²) in [6.45, 7) is 4.20. The van der Waals surface area contributed by atoms with Crippen molar-refractivity contribution in [3.8, 4) is 0 Å². The largest absolute Gasteiger partial charge is 0.481 e. The third-order valence-corrected chi connectivity index (χ3v) is 5.74. The van der Waals surface area contributed by atoms with E-state index >= 15 is 0 Å². The SMILES string of the molecule is CCC(CC)[C@@H]1N=C(c2ccccn2)c2cc(Br)ccc2N(CCC(=O)O)C1=O. The molecule has 1 aromatic carbocycles. The lowest BCUT2D eigenvalue weighted by Crippen LogP contribution is -2.42. The summed E-state index contributed by atoms with van der Waals surface area (Å²) in [5.74, 6) is -1.04. The van der Waals surface area contributed by atoms with E-state index in [0.717, 1.165) is 22.9 Å². The Morgan fingerprint density at radius 1 is 1.24 bits per heavy atom. The quantitative estimate of drug-likeness (QED) is 0.671. The summed E-state index contributed by atoms with van der Waals surface area (Å²) in [4.78, 5) is 35.7. The molecule has 1 aromatic heterocycles. The highest BCUT2D eigenvalue weighted by molar-refractivity contribution is 9.10. The van der Waals surface area contributed by atoms with Gasteiger partial charge >= 0.3 is 5.97 Å². The first-order valence-electron chi connectivity index (χ1n) is 9.78. The summed E-state index contributed by atoms with van der Waals surface area (Å²) in [6.07, 6.45) is 3.18. The number of amides is 1. The third kappa shape index (κ3) is 4.56. The highest BCUT2D eigenvalue weighted by Crippen LogP contribution is 2.33. The Bertz CT molecular complexity index is 926. The zero-order valence-corrected chi connectivity index (χ0v) is 18.1. The molecular formula is C22H24BrN3O3. The third-order valence-electron chi connectivity index (χ3n) is 5.24. The number of hydrogen-bond acceptors (Lipinski definition) is 4. The molecule has 0 saturated heterocycles. The summed E-state index contributed by atoms with van der Waals surface area (Å²) in [6, 6.07) is 10.6. The number of carboxylic acids is 1. The molecule has 2 heterocycles. The van der Waals surface area contributed by atoms with Crippen molar-refractivity contribution in [3.63, 3.8) is 0 Å². The van der Waals surface area contributed by atoms with E-state index in [0.29, 0.717) is 17.1 Å². The van der Waals surface area contributed by atoms with Crippen molar-refractivity contribution in [1.29, 1.82) is 0 Å². The molecule has 1 aliphatic rings. The number of carbonyl (C=O) groups is 2. The monoisotopic (exact) mass is 457 g/mol. The summed E-state index contributed by atoms with van der Waals surface area (Å²) in [7, 11) is 0. The van der Waals surface area contributed by atoms with Crippen LogP contribution in [-0.4, -0.2) is 40.3 Å². The van der Waals surface area contributed by atoms with Crippen LogP contribution in [0.1, 0.15) is 44.4 Å². The van der Waals surface area contributed by atoms with Gasteiger partial charge in [0.2, 0.25) is 0 Å². The fourth-order valence-corrected chi connectivity index (χ4v) is 4.02. The molecule has 6 nitrogen and oxygen atoms in total. The fraction of sp³-hybridized carbons (Fsp3) is 0.364. The number of carboxylic acid groups (broad SMARTS) is 1. The molecule has 0 saturated carbocycles. The van der Waals surface area contributed by atoms with Crippen LogP contribution in [0.3, 0.4) is 0 Å². The number of fused-ring (bicyclic) bond motifs is 1. The highest BCUT2D eigenvalue weighted by Gasteiger charge is 2.36. The van der Waals surface area contributed by atoms with Gasteiger partial charge in [-0.05, 0) is 36.2 Å². The molecule has 3 rings (SSSR count). The van der Waals surface area contributed by atoms with Gasteiger partial charge in [-0.2, -0.15) is 0 Å². The number of halogens is 1. The van der Waals surface area contributed by atoms with Gasteiger partial charge in [-0.1, -0.05) is 48.7 Å². The zero-order chi connectivity index (χ0) is 21.0. The topological polar surface area (TPSA) is 82.9 Å². The van der Waals surface area contributed by atoms with E-state index < -0.39 is 12.0 Å². The van der Waals surface area contributed by atoms with Crippen LogP contribution in [0.2, 0.25) is 0 Å². The first-order chi connectivity index (χ1) is 14.0. The Hall–Kier alpha value is -2.54. The lowest BCUT2D eigenvalue weighted by Gasteiger charge is -2.27. The molecule has 0 radical (unpaired) electrons. The van der Waals surface area contributed by atoms with Crippen molar-refractivity contribution in [2.45, 2.75) is 39.2 Å². The van der Waals surface area contributed by atoms with Gasteiger partial charge in [0, 0.05) is 22.8 Å². The first kappa shape index (κ1) is 21.2. The molecule has 0 unspecified atom stereocenters. The molecule has 1 aliphatic heterocycles. The summed E-state index contributed by atoms with van der Waals surface area (Å²) >= 11 is 3.51. The number of anilines is 1. The Labute approximate surface area is 178 Å². The van der Waals surface area contributed by atoms with Crippen LogP contribution in [0, 0.1) is 5.92 Å². The predicted molar refractivity (Wildman–Crippen MR) is 116 cm³/mol. The van der Waals surface area contributed by atoms with Gasteiger partial charge in [0.1, 0.15) is 6.04 Å². The molecule has 0 spiro atoms. The summed E-state index contributed by atoms with van der Waals surface area (Å²) in [5, 5.41) is 9.21. The first-order valence-corrected chi connectivity index (χ1v) is 10.6. The minimum atomic E-state index is -0.939. The van der Waals surface area contributed by atoms with Crippen LogP contribution in [0.15, 0.2) is 52.1 Å². The van der Waals surface area contributed by atoms with E-state index in [2.05, 4.69) is 20.9 Å². The number of rotatable bonds is 7. The van der Waals surface area contributed by atoms with Crippen molar-refractivity contribution < 1.29 is 14.7 Å². The van der Waals surface area contributed by atoms with Gasteiger partial charge in [-0.15, -0.1) is 0 Å². The molecule has 0 fully saturated rings. The van der Waals surface area contributed by atoms with E-state index in [9.17, 15) is 14.7 Å².